The molecule has 0 aromatic heterocycles. The number of allylic oxidation sites excluding steroid dienone is 2. The van der Waals surface area contributed by atoms with E-state index in [0.717, 1.165) is 6.42 Å². The highest BCUT2D eigenvalue weighted by Crippen LogP contribution is 2.20. The summed E-state index contributed by atoms with van der Waals surface area (Å²) in [6, 6.07) is 9.42. The Morgan fingerprint density at radius 3 is 2.39 bits per heavy atom. The molecule has 1 unspecified atom stereocenters. The topological polar surface area (TPSA) is 24.1 Å². The second kappa shape index (κ2) is 5.76. The molecule has 0 saturated carbocycles. The maximum absolute atomic E-state index is 3.56. The number of hydrogen-bond acceptors (Lipinski definition) is 2. The molecule has 1 atom stereocenters. The second-order valence-corrected chi connectivity index (χ2v) is 5.15. The molecule has 1 aromatic carbocycles. The number of nitrogens with one attached hydrogen (secondary N) is 2. The van der Waals surface area contributed by atoms with Crippen molar-refractivity contribution in [2.75, 3.05) is 10.6 Å². The Balaban J connectivity index is 1.98. The summed E-state index contributed by atoms with van der Waals surface area (Å²) in [6.07, 6.45) is 7.58. The quantitative estimate of drug-likeness (QED) is 0.827. The van der Waals surface area contributed by atoms with Crippen LogP contribution < -0.4 is 10.6 Å². The molecule has 0 fully saturated rings. The highest BCUT2D eigenvalue weighted by Gasteiger charge is 2.10. The van der Waals surface area contributed by atoms with Gasteiger partial charge in [-0.3, -0.25) is 0 Å². The van der Waals surface area contributed by atoms with Crippen molar-refractivity contribution in [1.82, 2.24) is 0 Å². The third-order valence-electron chi connectivity index (χ3n) is 3.10. The zero-order chi connectivity index (χ0) is 13.0. The molecule has 0 bridgehead atoms. The molecule has 0 heterocycles. The van der Waals surface area contributed by atoms with Crippen LogP contribution in [-0.4, -0.2) is 12.1 Å². The summed E-state index contributed by atoms with van der Waals surface area (Å²) in [6.45, 7) is 6.47. The Bertz CT molecular complexity index is 441. The van der Waals surface area contributed by atoms with Crippen molar-refractivity contribution >= 4 is 11.4 Å². The van der Waals surface area contributed by atoms with Crippen molar-refractivity contribution in [2.45, 2.75) is 39.3 Å². The van der Waals surface area contributed by atoms with Crippen molar-refractivity contribution < 1.29 is 0 Å². The van der Waals surface area contributed by atoms with Crippen molar-refractivity contribution in [3.63, 3.8) is 0 Å². The average molecular weight is 242 g/mol. The van der Waals surface area contributed by atoms with Crippen LogP contribution in [0.15, 0.2) is 48.1 Å². The minimum atomic E-state index is 0.430. The van der Waals surface area contributed by atoms with E-state index in [1.807, 2.05) is 0 Å². The zero-order valence-electron chi connectivity index (χ0n) is 11.4. The minimum Gasteiger partial charge on any atom is -0.383 e. The summed E-state index contributed by atoms with van der Waals surface area (Å²) in [4.78, 5) is 0. The SMILES string of the molecule is CC1=CC=CCC1Nc1ccc(NC(C)C)cc1. The lowest BCUT2D eigenvalue weighted by Gasteiger charge is -2.21. The van der Waals surface area contributed by atoms with E-state index in [9.17, 15) is 0 Å². The lowest BCUT2D eigenvalue weighted by molar-refractivity contribution is 0.827. The van der Waals surface area contributed by atoms with Crippen molar-refractivity contribution in [1.29, 1.82) is 0 Å². The van der Waals surface area contributed by atoms with Gasteiger partial charge < -0.3 is 10.6 Å². The smallest absolute Gasteiger partial charge is 0.0508 e. The first kappa shape index (κ1) is 12.7. The standard InChI is InChI=1S/C16H22N2/c1-12(2)17-14-8-10-15(11-9-14)18-16-7-5-4-6-13(16)3/h4-6,8-12,16-18H,7H2,1-3H3. The van der Waals surface area contributed by atoms with E-state index in [4.69, 9.17) is 0 Å². The van der Waals surface area contributed by atoms with Gasteiger partial charge in [-0.05, 0) is 51.5 Å². The van der Waals surface area contributed by atoms with Gasteiger partial charge >= 0.3 is 0 Å². The highest BCUT2D eigenvalue weighted by atomic mass is 14.9. The maximum Gasteiger partial charge on any atom is 0.0508 e. The monoisotopic (exact) mass is 242 g/mol. The van der Waals surface area contributed by atoms with Crippen molar-refractivity contribution in [2.24, 2.45) is 0 Å². The van der Waals surface area contributed by atoms with Gasteiger partial charge in [0.05, 0.1) is 6.04 Å². The molecular weight excluding hydrogens is 220 g/mol. The summed E-state index contributed by atoms with van der Waals surface area (Å²) in [5.41, 5.74) is 3.74. The fourth-order valence-electron chi connectivity index (χ4n) is 2.11. The van der Waals surface area contributed by atoms with Crippen LogP contribution in [0.25, 0.3) is 0 Å². The number of hydrogen-bond donors (Lipinski definition) is 2. The Labute approximate surface area is 110 Å². The van der Waals surface area contributed by atoms with Crippen LogP contribution >= 0.6 is 0 Å². The second-order valence-electron chi connectivity index (χ2n) is 5.15. The Hall–Kier alpha value is -1.70. The number of benzene rings is 1. The van der Waals surface area contributed by atoms with E-state index in [2.05, 4.69) is 73.9 Å². The van der Waals surface area contributed by atoms with Crippen LogP contribution in [-0.2, 0) is 0 Å². The molecule has 0 spiro atoms. The van der Waals surface area contributed by atoms with Crippen molar-refractivity contribution in [3.05, 3.63) is 48.1 Å². The molecule has 0 radical (unpaired) electrons. The van der Waals surface area contributed by atoms with Crippen LogP contribution in [0, 0.1) is 0 Å². The molecule has 0 saturated heterocycles. The Morgan fingerprint density at radius 1 is 1.11 bits per heavy atom. The van der Waals surface area contributed by atoms with Gasteiger partial charge in [-0.25, -0.2) is 0 Å². The maximum atomic E-state index is 3.56. The first-order valence-electron chi connectivity index (χ1n) is 6.61. The first-order chi connectivity index (χ1) is 8.65. The van der Waals surface area contributed by atoms with E-state index < -0.39 is 0 Å². The van der Waals surface area contributed by atoms with Gasteiger partial charge in [-0.15, -0.1) is 0 Å². The molecule has 2 N–H and O–H groups in total. The third-order valence-corrected chi connectivity index (χ3v) is 3.10. The zero-order valence-corrected chi connectivity index (χ0v) is 11.4. The molecule has 1 aliphatic rings. The molecule has 0 amide bonds. The molecule has 18 heavy (non-hydrogen) atoms. The van der Waals surface area contributed by atoms with Gasteiger partial charge in [0.2, 0.25) is 0 Å². The van der Waals surface area contributed by atoms with Crippen LogP contribution in [0.5, 0.6) is 0 Å². The summed E-state index contributed by atoms with van der Waals surface area (Å²) in [5, 5.41) is 6.96. The predicted molar refractivity (Wildman–Crippen MR) is 80.1 cm³/mol. The average Bonchev–Trinajstić information content (AvgIpc) is 2.34. The molecule has 1 aliphatic carbocycles. The van der Waals surface area contributed by atoms with Gasteiger partial charge in [0.1, 0.15) is 0 Å². The van der Waals surface area contributed by atoms with Crippen LogP contribution in [0.4, 0.5) is 11.4 Å². The molecule has 1 aromatic rings. The highest BCUT2D eigenvalue weighted by molar-refractivity contribution is 5.55. The lowest BCUT2D eigenvalue weighted by atomic mass is 10.0. The fourth-order valence-corrected chi connectivity index (χ4v) is 2.11. The van der Waals surface area contributed by atoms with Gasteiger partial charge in [0.15, 0.2) is 0 Å². The van der Waals surface area contributed by atoms with Crippen LogP contribution in [0.2, 0.25) is 0 Å². The summed E-state index contributed by atoms with van der Waals surface area (Å²) in [5.74, 6) is 0. The minimum absolute atomic E-state index is 0.430. The van der Waals surface area contributed by atoms with Gasteiger partial charge in [0.25, 0.3) is 0 Å². The number of rotatable bonds is 4. The summed E-state index contributed by atoms with van der Waals surface area (Å²) < 4.78 is 0. The number of anilines is 2. The third kappa shape index (κ3) is 3.39. The Morgan fingerprint density at radius 2 is 1.78 bits per heavy atom. The summed E-state index contributed by atoms with van der Waals surface area (Å²) in [7, 11) is 0. The molecule has 96 valence electrons. The van der Waals surface area contributed by atoms with Gasteiger partial charge in [0, 0.05) is 17.4 Å². The van der Waals surface area contributed by atoms with E-state index in [1.165, 1.54) is 16.9 Å². The van der Waals surface area contributed by atoms with Crippen molar-refractivity contribution in [3.8, 4) is 0 Å². The molecule has 2 heteroatoms. The largest absolute Gasteiger partial charge is 0.383 e. The molecule has 2 rings (SSSR count). The first-order valence-corrected chi connectivity index (χ1v) is 6.61. The Kier molecular flexibility index (Phi) is 4.08. The van der Waals surface area contributed by atoms with Gasteiger partial charge in [-0.1, -0.05) is 23.8 Å². The molecule has 0 aliphatic heterocycles. The summed E-state index contributed by atoms with van der Waals surface area (Å²) >= 11 is 0. The normalized spacial score (nSPS) is 18.7. The molecular formula is C16H22N2. The van der Waals surface area contributed by atoms with E-state index in [1.54, 1.807) is 0 Å². The predicted octanol–water partition coefficient (Wildman–Crippen LogP) is 4.19. The van der Waals surface area contributed by atoms with E-state index >= 15 is 0 Å². The van der Waals surface area contributed by atoms with E-state index in [0.29, 0.717) is 12.1 Å². The molecule has 2 nitrogen and oxygen atoms in total. The lowest BCUT2D eigenvalue weighted by Crippen LogP contribution is -2.21. The fraction of sp³-hybridized carbons (Fsp3) is 0.375. The van der Waals surface area contributed by atoms with E-state index in [-0.39, 0.29) is 0 Å². The van der Waals surface area contributed by atoms with Crippen LogP contribution in [0.3, 0.4) is 0 Å². The van der Waals surface area contributed by atoms with Gasteiger partial charge in [-0.2, -0.15) is 0 Å². The van der Waals surface area contributed by atoms with Crippen LogP contribution in [0.1, 0.15) is 27.2 Å².